The zero-order chi connectivity index (χ0) is 16.1. The number of likely N-dealkylation sites (N-methyl/N-ethyl adjacent to an activating group) is 1. The van der Waals surface area contributed by atoms with Crippen LogP contribution in [0.25, 0.3) is 0 Å². The molecule has 0 saturated carbocycles. The van der Waals surface area contributed by atoms with Crippen LogP contribution >= 0.6 is 0 Å². The maximum Gasteiger partial charge on any atom is 0.237 e. The normalized spacial score (nSPS) is 24.3. The summed E-state index contributed by atoms with van der Waals surface area (Å²) in [6, 6.07) is 0. The van der Waals surface area contributed by atoms with Gasteiger partial charge in [0.05, 0.1) is 5.54 Å². The molecule has 0 radical (unpaired) electrons. The fraction of sp³-hybridized carbons (Fsp3) is 0.941. The van der Waals surface area contributed by atoms with Crippen LogP contribution in [-0.4, -0.2) is 42.5 Å². The molecule has 1 fully saturated rings. The lowest BCUT2D eigenvalue weighted by Gasteiger charge is -2.31. The molecule has 0 spiro atoms. The Morgan fingerprint density at radius 2 is 1.90 bits per heavy atom. The van der Waals surface area contributed by atoms with Crippen molar-refractivity contribution in [3.05, 3.63) is 0 Å². The minimum Gasteiger partial charge on any atom is -0.368 e. The molecule has 0 aliphatic carbocycles. The Bertz CT molecular complexity index is 337. The number of amides is 1. The first kappa shape index (κ1) is 18.4. The zero-order valence-corrected chi connectivity index (χ0v) is 14.7. The molecule has 1 rings (SSSR count). The van der Waals surface area contributed by atoms with Crippen molar-refractivity contribution < 1.29 is 4.79 Å². The number of hydrogen-bond donors (Lipinski definition) is 2. The smallest absolute Gasteiger partial charge is 0.237 e. The highest BCUT2D eigenvalue weighted by Gasteiger charge is 2.31. The van der Waals surface area contributed by atoms with Crippen molar-refractivity contribution >= 4 is 5.91 Å². The molecule has 4 nitrogen and oxygen atoms in total. The van der Waals surface area contributed by atoms with E-state index in [9.17, 15) is 4.79 Å². The van der Waals surface area contributed by atoms with E-state index in [0.717, 1.165) is 38.5 Å². The van der Waals surface area contributed by atoms with Gasteiger partial charge in [0.2, 0.25) is 5.91 Å². The maximum atomic E-state index is 11.7. The molecule has 1 heterocycles. The summed E-state index contributed by atoms with van der Waals surface area (Å²) in [6.07, 6.45) is 4.63. The van der Waals surface area contributed by atoms with E-state index in [0.29, 0.717) is 5.41 Å². The topological polar surface area (TPSA) is 58.4 Å². The van der Waals surface area contributed by atoms with E-state index >= 15 is 0 Å². The number of rotatable bonds is 6. The highest BCUT2D eigenvalue weighted by Crippen LogP contribution is 2.34. The molecule has 21 heavy (non-hydrogen) atoms. The number of nitrogens with one attached hydrogen (secondary N) is 1. The molecular formula is C17H35N3O. The summed E-state index contributed by atoms with van der Waals surface area (Å²) in [6.45, 7) is 15.0. The van der Waals surface area contributed by atoms with Crippen molar-refractivity contribution in [3.63, 3.8) is 0 Å². The quantitative estimate of drug-likeness (QED) is 0.791. The van der Waals surface area contributed by atoms with Crippen molar-refractivity contribution in [3.8, 4) is 0 Å². The van der Waals surface area contributed by atoms with Crippen LogP contribution in [0, 0.1) is 11.3 Å². The van der Waals surface area contributed by atoms with Crippen LogP contribution in [0.3, 0.4) is 0 Å². The Hall–Kier alpha value is -0.610. The molecule has 2 unspecified atom stereocenters. The average Bonchev–Trinajstić information content (AvgIpc) is 2.61. The van der Waals surface area contributed by atoms with E-state index in [1.807, 2.05) is 13.8 Å². The lowest BCUT2D eigenvalue weighted by molar-refractivity contribution is -0.124. The molecule has 3 N–H and O–H groups in total. The molecule has 124 valence electrons. The third kappa shape index (κ3) is 5.59. The lowest BCUT2D eigenvalue weighted by atomic mass is 9.77. The number of nitrogens with two attached hydrogens (primary N) is 1. The summed E-state index contributed by atoms with van der Waals surface area (Å²) in [5.74, 6) is 0.561. The number of hydrogen-bond acceptors (Lipinski definition) is 3. The summed E-state index contributed by atoms with van der Waals surface area (Å²) in [5, 5.41) is 3.25. The minimum atomic E-state index is -0.579. The monoisotopic (exact) mass is 297 g/mol. The molecular weight excluding hydrogens is 262 g/mol. The molecule has 1 amide bonds. The van der Waals surface area contributed by atoms with Crippen molar-refractivity contribution in [2.75, 3.05) is 26.2 Å². The van der Waals surface area contributed by atoms with E-state index in [2.05, 4.69) is 31.0 Å². The van der Waals surface area contributed by atoms with Crippen molar-refractivity contribution in [1.29, 1.82) is 0 Å². The number of likely N-dealkylation sites (tertiary alicyclic amines) is 1. The van der Waals surface area contributed by atoms with Gasteiger partial charge in [0.1, 0.15) is 0 Å². The van der Waals surface area contributed by atoms with Crippen LogP contribution in [0.2, 0.25) is 0 Å². The Morgan fingerprint density at radius 1 is 1.24 bits per heavy atom. The molecule has 1 aliphatic heterocycles. The van der Waals surface area contributed by atoms with Crippen LogP contribution in [0.1, 0.15) is 60.3 Å². The summed E-state index contributed by atoms with van der Waals surface area (Å²) < 4.78 is 0. The predicted molar refractivity (Wildman–Crippen MR) is 89.1 cm³/mol. The second-order valence-corrected chi connectivity index (χ2v) is 7.81. The van der Waals surface area contributed by atoms with E-state index in [1.54, 1.807) is 0 Å². The third-order valence-corrected chi connectivity index (χ3v) is 5.08. The highest BCUT2D eigenvalue weighted by molar-refractivity contribution is 5.84. The van der Waals surface area contributed by atoms with Gasteiger partial charge in [-0.05, 0) is 63.6 Å². The minimum absolute atomic E-state index is 0.244. The first-order valence-electron chi connectivity index (χ1n) is 8.46. The van der Waals surface area contributed by atoms with E-state index in [4.69, 9.17) is 5.73 Å². The van der Waals surface area contributed by atoms with Gasteiger partial charge < -0.3 is 16.0 Å². The van der Waals surface area contributed by atoms with Gasteiger partial charge in [0.15, 0.2) is 0 Å². The van der Waals surface area contributed by atoms with Gasteiger partial charge >= 0.3 is 0 Å². The molecule has 1 saturated heterocycles. The van der Waals surface area contributed by atoms with E-state index < -0.39 is 5.54 Å². The number of carbonyl (C=O) groups excluding carboxylic acids is 1. The summed E-state index contributed by atoms with van der Waals surface area (Å²) in [5.41, 5.74) is 5.39. The highest BCUT2D eigenvalue weighted by atomic mass is 16.1. The standard InChI is InChI=1S/C17H35N3O/c1-6-19-17(5,15(18)21)10-13-20-11-7-8-14(9-12-20)16(2,3)4/h14,19H,6-13H2,1-5H3,(H2,18,21). The van der Waals surface area contributed by atoms with Crippen LogP contribution in [0.15, 0.2) is 0 Å². The van der Waals surface area contributed by atoms with Crippen LogP contribution in [0.5, 0.6) is 0 Å². The summed E-state index contributed by atoms with van der Waals surface area (Å²) >= 11 is 0. The number of carbonyl (C=O) groups is 1. The van der Waals surface area contributed by atoms with Gasteiger partial charge in [-0.3, -0.25) is 4.79 Å². The molecule has 0 aromatic rings. The first-order valence-corrected chi connectivity index (χ1v) is 8.46. The molecule has 0 aromatic heterocycles. The zero-order valence-electron chi connectivity index (χ0n) is 14.7. The fourth-order valence-corrected chi connectivity index (χ4v) is 3.32. The SMILES string of the molecule is CCNC(C)(CCN1CCCC(C(C)(C)C)CC1)C(N)=O. The average molecular weight is 297 g/mol. The van der Waals surface area contributed by atoms with Gasteiger partial charge in [-0.1, -0.05) is 27.7 Å². The van der Waals surface area contributed by atoms with E-state index in [1.165, 1.54) is 19.3 Å². The van der Waals surface area contributed by atoms with Gasteiger partial charge in [0, 0.05) is 6.54 Å². The van der Waals surface area contributed by atoms with Crippen molar-refractivity contribution in [1.82, 2.24) is 10.2 Å². The number of primary amides is 1. The maximum absolute atomic E-state index is 11.7. The van der Waals surface area contributed by atoms with Crippen LogP contribution in [0.4, 0.5) is 0 Å². The lowest BCUT2D eigenvalue weighted by Crippen LogP contribution is -2.54. The summed E-state index contributed by atoms with van der Waals surface area (Å²) in [4.78, 5) is 14.2. The van der Waals surface area contributed by atoms with Crippen LogP contribution < -0.4 is 11.1 Å². The fourth-order valence-electron chi connectivity index (χ4n) is 3.32. The van der Waals surface area contributed by atoms with Crippen LogP contribution in [-0.2, 0) is 4.79 Å². The largest absolute Gasteiger partial charge is 0.368 e. The van der Waals surface area contributed by atoms with Gasteiger partial charge in [-0.2, -0.15) is 0 Å². The summed E-state index contributed by atoms with van der Waals surface area (Å²) in [7, 11) is 0. The Balaban J connectivity index is 2.51. The second kappa shape index (κ2) is 7.59. The van der Waals surface area contributed by atoms with Gasteiger partial charge in [-0.25, -0.2) is 0 Å². The second-order valence-electron chi connectivity index (χ2n) is 7.81. The van der Waals surface area contributed by atoms with Gasteiger partial charge in [0.25, 0.3) is 0 Å². The molecule has 0 aromatic carbocycles. The van der Waals surface area contributed by atoms with Crippen molar-refractivity contribution in [2.24, 2.45) is 17.1 Å². The number of nitrogens with zero attached hydrogens (tertiary/aromatic N) is 1. The Labute approximate surface area is 130 Å². The Morgan fingerprint density at radius 3 is 2.43 bits per heavy atom. The molecule has 1 aliphatic rings. The molecule has 2 atom stereocenters. The third-order valence-electron chi connectivity index (χ3n) is 5.08. The Kier molecular flexibility index (Phi) is 6.67. The molecule has 0 bridgehead atoms. The van der Waals surface area contributed by atoms with E-state index in [-0.39, 0.29) is 5.91 Å². The van der Waals surface area contributed by atoms with Crippen molar-refractivity contribution in [2.45, 2.75) is 65.8 Å². The predicted octanol–water partition coefficient (Wildman–Crippen LogP) is 2.38. The first-order chi connectivity index (χ1) is 9.69. The van der Waals surface area contributed by atoms with Gasteiger partial charge in [-0.15, -0.1) is 0 Å². The molecule has 4 heteroatoms.